The number of rotatable bonds is 12. The van der Waals surface area contributed by atoms with Crippen LogP contribution in [0.4, 0.5) is 0 Å². The SMILES string of the molecule is C=C(CC(C)(C)C)NCCCCCC(C)N(CC)C(=C)CC(C)(C)C. The topological polar surface area (TPSA) is 15.3 Å². The van der Waals surface area contributed by atoms with Crippen LogP contribution in [0, 0.1) is 10.8 Å². The minimum absolute atomic E-state index is 0.311. The van der Waals surface area contributed by atoms with Crippen LogP contribution in [0.25, 0.3) is 0 Å². The lowest BCUT2D eigenvalue weighted by molar-refractivity contribution is 0.232. The minimum atomic E-state index is 0.311. The van der Waals surface area contributed by atoms with E-state index < -0.39 is 0 Å². The monoisotopic (exact) mass is 350 g/mol. The zero-order valence-electron chi connectivity index (χ0n) is 18.6. The first-order valence-electron chi connectivity index (χ1n) is 10.2. The number of unbranched alkanes of at least 4 members (excludes halogenated alkanes) is 2. The highest BCUT2D eigenvalue weighted by Crippen LogP contribution is 2.27. The van der Waals surface area contributed by atoms with E-state index in [1.165, 1.54) is 37.1 Å². The van der Waals surface area contributed by atoms with Crippen molar-refractivity contribution in [3.05, 3.63) is 24.6 Å². The van der Waals surface area contributed by atoms with E-state index in [4.69, 9.17) is 0 Å². The standard InChI is InChI=1S/C23H46N2/c1-11-25(21(4)18-23(8,9)10)20(3)15-13-12-14-16-24-19(2)17-22(5,6)7/h20,24H,2,4,11-18H2,1,3,5-10H3. The Morgan fingerprint density at radius 1 is 0.920 bits per heavy atom. The maximum Gasteiger partial charge on any atom is 0.0258 e. The van der Waals surface area contributed by atoms with Crippen molar-refractivity contribution < 1.29 is 0 Å². The van der Waals surface area contributed by atoms with Crippen LogP contribution >= 0.6 is 0 Å². The van der Waals surface area contributed by atoms with Crippen LogP contribution in [0.3, 0.4) is 0 Å². The summed E-state index contributed by atoms with van der Waals surface area (Å²) in [6.07, 6.45) is 7.17. The molecule has 0 heterocycles. The van der Waals surface area contributed by atoms with Crippen molar-refractivity contribution in [1.82, 2.24) is 10.2 Å². The first-order chi connectivity index (χ1) is 11.4. The fourth-order valence-corrected chi connectivity index (χ4v) is 3.43. The lowest BCUT2D eigenvalue weighted by Gasteiger charge is -2.35. The van der Waals surface area contributed by atoms with Gasteiger partial charge in [0.25, 0.3) is 0 Å². The molecule has 0 saturated carbocycles. The summed E-state index contributed by atoms with van der Waals surface area (Å²) >= 11 is 0. The maximum absolute atomic E-state index is 4.34. The van der Waals surface area contributed by atoms with Gasteiger partial charge in [-0.3, -0.25) is 0 Å². The third kappa shape index (κ3) is 13.0. The fraction of sp³-hybridized carbons (Fsp3) is 0.826. The molecule has 0 aromatic rings. The van der Waals surface area contributed by atoms with Crippen molar-refractivity contribution in [2.75, 3.05) is 13.1 Å². The molecule has 0 saturated heterocycles. The average Bonchev–Trinajstić information content (AvgIpc) is 2.39. The molecule has 0 aromatic carbocycles. The van der Waals surface area contributed by atoms with E-state index in [2.05, 4.69) is 78.8 Å². The van der Waals surface area contributed by atoms with E-state index in [1.54, 1.807) is 0 Å². The van der Waals surface area contributed by atoms with E-state index in [-0.39, 0.29) is 0 Å². The molecule has 0 rings (SSSR count). The van der Waals surface area contributed by atoms with E-state index in [0.717, 1.165) is 25.9 Å². The van der Waals surface area contributed by atoms with Crippen LogP contribution in [0.15, 0.2) is 24.6 Å². The molecule has 2 heteroatoms. The third-order valence-electron chi connectivity index (χ3n) is 4.43. The molecule has 0 spiro atoms. The van der Waals surface area contributed by atoms with E-state index in [1.807, 2.05) is 0 Å². The molecule has 1 unspecified atom stereocenters. The van der Waals surface area contributed by atoms with Crippen molar-refractivity contribution in [3.63, 3.8) is 0 Å². The van der Waals surface area contributed by atoms with E-state index >= 15 is 0 Å². The van der Waals surface area contributed by atoms with Gasteiger partial charge in [-0.2, -0.15) is 0 Å². The molecular formula is C23H46N2. The first-order valence-corrected chi connectivity index (χ1v) is 10.2. The van der Waals surface area contributed by atoms with Gasteiger partial charge in [0.15, 0.2) is 0 Å². The van der Waals surface area contributed by atoms with Crippen molar-refractivity contribution in [1.29, 1.82) is 0 Å². The van der Waals surface area contributed by atoms with Gasteiger partial charge in [0.05, 0.1) is 0 Å². The summed E-state index contributed by atoms with van der Waals surface area (Å²) in [5.74, 6) is 0. The Bertz CT molecular complexity index is 395. The molecule has 0 amide bonds. The van der Waals surface area contributed by atoms with Gasteiger partial charge >= 0.3 is 0 Å². The van der Waals surface area contributed by atoms with Crippen LogP contribution < -0.4 is 5.32 Å². The maximum atomic E-state index is 4.34. The van der Waals surface area contributed by atoms with Crippen LogP contribution in [0.5, 0.6) is 0 Å². The highest BCUT2D eigenvalue weighted by molar-refractivity contribution is 4.99. The molecular weight excluding hydrogens is 304 g/mol. The summed E-state index contributed by atoms with van der Waals surface area (Å²) < 4.78 is 0. The molecule has 0 aliphatic carbocycles. The predicted molar refractivity (Wildman–Crippen MR) is 115 cm³/mol. The molecule has 0 aliphatic rings. The van der Waals surface area contributed by atoms with Crippen molar-refractivity contribution >= 4 is 0 Å². The van der Waals surface area contributed by atoms with Crippen LogP contribution in [-0.4, -0.2) is 24.0 Å². The molecule has 1 atom stereocenters. The number of hydrogen-bond acceptors (Lipinski definition) is 2. The summed E-state index contributed by atoms with van der Waals surface area (Å²) in [5.41, 5.74) is 3.10. The second kappa shape index (κ2) is 10.9. The lowest BCUT2D eigenvalue weighted by Crippen LogP contribution is -2.33. The molecule has 0 aliphatic heterocycles. The Hall–Kier alpha value is -0.920. The van der Waals surface area contributed by atoms with Gasteiger partial charge in [-0.25, -0.2) is 0 Å². The Morgan fingerprint density at radius 2 is 1.48 bits per heavy atom. The normalized spacial score (nSPS) is 13.4. The van der Waals surface area contributed by atoms with Crippen molar-refractivity contribution in [2.24, 2.45) is 10.8 Å². The van der Waals surface area contributed by atoms with Crippen LogP contribution in [0.2, 0.25) is 0 Å². The predicted octanol–water partition coefficient (Wildman–Crippen LogP) is 6.75. The Kier molecular flexibility index (Phi) is 10.5. The van der Waals surface area contributed by atoms with E-state index in [0.29, 0.717) is 16.9 Å². The molecule has 1 N–H and O–H groups in total. The van der Waals surface area contributed by atoms with Crippen molar-refractivity contribution in [2.45, 2.75) is 100.0 Å². The molecule has 2 nitrogen and oxygen atoms in total. The third-order valence-corrected chi connectivity index (χ3v) is 4.43. The minimum Gasteiger partial charge on any atom is -0.389 e. The van der Waals surface area contributed by atoms with Gasteiger partial charge in [-0.05, 0) is 50.4 Å². The Labute approximate surface area is 159 Å². The summed E-state index contributed by atoms with van der Waals surface area (Å²) in [6, 6.07) is 0.587. The second-order valence-electron chi connectivity index (χ2n) is 10.1. The first kappa shape index (κ1) is 24.1. The number of allylic oxidation sites excluding steroid dienone is 2. The molecule has 148 valence electrons. The fourth-order valence-electron chi connectivity index (χ4n) is 3.43. The zero-order chi connectivity index (χ0) is 19.7. The number of nitrogens with one attached hydrogen (secondary N) is 1. The zero-order valence-corrected chi connectivity index (χ0v) is 18.6. The number of hydrogen-bond donors (Lipinski definition) is 1. The van der Waals surface area contributed by atoms with E-state index in [9.17, 15) is 0 Å². The van der Waals surface area contributed by atoms with Gasteiger partial charge in [0.1, 0.15) is 0 Å². The van der Waals surface area contributed by atoms with Gasteiger partial charge < -0.3 is 10.2 Å². The largest absolute Gasteiger partial charge is 0.389 e. The van der Waals surface area contributed by atoms with Crippen LogP contribution in [0.1, 0.15) is 93.9 Å². The average molecular weight is 351 g/mol. The van der Waals surface area contributed by atoms with Gasteiger partial charge in [-0.1, -0.05) is 67.5 Å². The molecule has 0 fully saturated rings. The summed E-state index contributed by atoms with van der Waals surface area (Å²) in [4.78, 5) is 2.49. The summed E-state index contributed by atoms with van der Waals surface area (Å²) in [5, 5.41) is 3.49. The molecule has 0 aromatic heterocycles. The van der Waals surface area contributed by atoms with Crippen LogP contribution in [-0.2, 0) is 0 Å². The molecule has 0 radical (unpaired) electrons. The lowest BCUT2D eigenvalue weighted by atomic mass is 9.90. The molecule has 0 bridgehead atoms. The van der Waals surface area contributed by atoms with Gasteiger partial charge in [0, 0.05) is 30.5 Å². The second-order valence-corrected chi connectivity index (χ2v) is 10.1. The van der Waals surface area contributed by atoms with Gasteiger partial charge in [-0.15, -0.1) is 0 Å². The smallest absolute Gasteiger partial charge is 0.0258 e. The quantitative estimate of drug-likeness (QED) is 0.392. The highest BCUT2D eigenvalue weighted by Gasteiger charge is 2.19. The summed E-state index contributed by atoms with van der Waals surface area (Å²) in [6.45, 7) is 28.8. The highest BCUT2D eigenvalue weighted by atomic mass is 15.2. The Balaban J connectivity index is 4.00. The number of nitrogens with zero attached hydrogens (tertiary/aromatic N) is 1. The molecule has 25 heavy (non-hydrogen) atoms. The Morgan fingerprint density at radius 3 is 1.96 bits per heavy atom. The van der Waals surface area contributed by atoms with Gasteiger partial charge in [0.2, 0.25) is 0 Å². The van der Waals surface area contributed by atoms with Crippen molar-refractivity contribution in [3.8, 4) is 0 Å². The summed E-state index contributed by atoms with van der Waals surface area (Å²) in [7, 11) is 0.